The molecule has 5 rings (SSSR count). The van der Waals surface area contributed by atoms with Crippen molar-refractivity contribution in [2.45, 2.75) is 82.8 Å². The maximum Gasteiger partial charge on any atom is 0.320 e. The van der Waals surface area contributed by atoms with Crippen molar-refractivity contribution < 1.29 is 4.79 Å². The van der Waals surface area contributed by atoms with Crippen molar-refractivity contribution in [2.24, 2.45) is 0 Å². The summed E-state index contributed by atoms with van der Waals surface area (Å²) in [6, 6.07) is 5.61. The van der Waals surface area contributed by atoms with Gasteiger partial charge in [0, 0.05) is 31.2 Å². The fourth-order valence-electron chi connectivity index (χ4n) is 5.55. The molecule has 4 aliphatic rings. The Labute approximate surface area is 163 Å². The Bertz CT molecular complexity index is 746. The molecule has 1 aromatic rings. The highest BCUT2D eigenvalue weighted by Gasteiger charge is 2.53. The first-order valence-electron chi connectivity index (χ1n) is 11.0. The predicted molar refractivity (Wildman–Crippen MR) is 108 cm³/mol. The predicted octanol–water partition coefficient (Wildman–Crippen LogP) is 4.34. The SMILES string of the molecule is CC(C)c1cc2c(c([C@@H]3CCCN3)c1)CN(C(=O)N1CCCC13CC3)CC2. The van der Waals surface area contributed by atoms with Crippen LogP contribution in [0.1, 0.15) is 86.6 Å². The van der Waals surface area contributed by atoms with E-state index in [0.717, 1.165) is 32.6 Å². The first kappa shape index (κ1) is 17.5. The van der Waals surface area contributed by atoms with Crippen LogP contribution in [0.15, 0.2) is 12.1 Å². The highest BCUT2D eigenvalue weighted by molar-refractivity contribution is 5.77. The Balaban J connectivity index is 1.44. The molecule has 1 aromatic carbocycles. The van der Waals surface area contributed by atoms with E-state index in [9.17, 15) is 4.79 Å². The Morgan fingerprint density at radius 2 is 2.04 bits per heavy atom. The number of benzene rings is 1. The van der Waals surface area contributed by atoms with E-state index >= 15 is 0 Å². The zero-order chi connectivity index (χ0) is 18.6. The number of carbonyl (C=O) groups is 1. The molecule has 1 atom stereocenters. The summed E-state index contributed by atoms with van der Waals surface area (Å²) in [5.41, 5.74) is 6.08. The molecule has 1 aliphatic carbocycles. The lowest BCUT2D eigenvalue weighted by molar-refractivity contribution is 0.138. The summed E-state index contributed by atoms with van der Waals surface area (Å²) >= 11 is 0. The van der Waals surface area contributed by atoms with Crippen molar-refractivity contribution in [3.8, 4) is 0 Å². The molecule has 0 aromatic heterocycles. The molecule has 146 valence electrons. The van der Waals surface area contributed by atoms with Crippen molar-refractivity contribution in [3.63, 3.8) is 0 Å². The Kier molecular flexibility index (Phi) is 4.23. The van der Waals surface area contributed by atoms with Crippen LogP contribution in [0.5, 0.6) is 0 Å². The summed E-state index contributed by atoms with van der Waals surface area (Å²) < 4.78 is 0. The highest BCUT2D eigenvalue weighted by Crippen LogP contribution is 2.50. The molecule has 27 heavy (non-hydrogen) atoms. The van der Waals surface area contributed by atoms with Crippen molar-refractivity contribution in [2.75, 3.05) is 19.6 Å². The molecule has 2 saturated heterocycles. The van der Waals surface area contributed by atoms with Gasteiger partial charge in [-0.1, -0.05) is 26.0 Å². The van der Waals surface area contributed by atoms with Gasteiger partial charge in [-0.25, -0.2) is 4.79 Å². The smallest absolute Gasteiger partial charge is 0.320 e. The van der Waals surface area contributed by atoms with Gasteiger partial charge in [-0.05, 0) is 79.7 Å². The van der Waals surface area contributed by atoms with Gasteiger partial charge in [0.2, 0.25) is 0 Å². The molecule has 1 N–H and O–H groups in total. The molecule has 1 spiro atoms. The van der Waals surface area contributed by atoms with Crippen molar-refractivity contribution in [3.05, 3.63) is 34.4 Å². The zero-order valence-corrected chi connectivity index (χ0v) is 16.9. The third-order valence-electron chi connectivity index (χ3n) is 7.43. The van der Waals surface area contributed by atoms with Gasteiger partial charge < -0.3 is 15.1 Å². The van der Waals surface area contributed by atoms with Gasteiger partial charge in [0.05, 0.1) is 0 Å². The van der Waals surface area contributed by atoms with E-state index in [-0.39, 0.29) is 5.54 Å². The van der Waals surface area contributed by atoms with E-state index in [2.05, 4.69) is 41.1 Å². The van der Waals surface area contributed by atoms with Gasteiger partial charge in [0.15, 0.2) is 0 Å². The van der Waals surface area contributed by atoms with E-state index < -0.39 is 0 Å². The van der Waals surface area contributed by atoms with Crippen molar-refractivity contribution >= 4 is 6.03 Å². The van der Waals surface area contributed by atoms with E-state index in [1.165, 1.54) is 60.8 Å². The minimum atomic E-state index is 0.245. The van der Waals surface area contributed by atoms with Gasteiger partial charge in [-0.2, -0.15) is 0 Å². The second-order valence-electron chi connectivity index (χ2n) is 9.49. The third-order valence-corrected chi connectivity index (χ3v) is 7.43. The van der Waals surface area contributed by atoms with Gasteiger partial charge in [0.1, 0.15) is 0 Å². The van der Waals surface area contributed by atoms with Crippen LogP contribution in [-0.4, -0.2) is 41.0 Å². The lowest BCUT2D eigenvalue weighted by Gasteiger charge is -2.36. The normalized spacial score (nSPS) is 26.1. The summed E-state index contributed by atoms with van der Waals surface area (Å²) in [5, 5.41) is 3.70. The maximum atomic E-state index is 13.3. The maximum absolute atomic E-state index is 13.3. The molecule has 1 saturated carbocycles. The first-order chi connectivity index (χ1) is 13.1. The van der Waals surface area contributed by atoms with E-state index in [1.807, 2.05) is 0 Å². The summed E-state index contributed by atoms with van der Waals surface area (Å²) in [7, 11) is 0. The Hall–Kier alpha value is -1.55. The second kappa shape index (κ2) is 6.51. The Morgan fingerprint density at radius 3 is 2.74 bits per heavy atom. The molecule has 0 radical (unpaired) electrons. The molecule has 0 unspecified atom stereocenters. The van der Waals surface area contributed by atoms with Crippen LogP contribution in [-0.2, 0) is 13.0 Å². The number of fused-ring (bicyclic) bond motifs is 1. The van der Waals surface area contributed by atoms with Gasteiger partial charge >= 0.3 is 6.03 Å². The number of urea groups is 1. The van der Waals surface area contributed by atoms with Gasteiger partial charge in [-0.15, -0.1) is 0 Å². The number of carbonyl (C=O) groups excluding carboxylic acids is 1. The molecular formula is C23H33N3O. The van der Waals surface area contributed by atoms with Crippen LogP contribution in [0.3, 0.4) is 0 Å². The number of hydrogen-bond acceptors (Lipinski definition) is 2. The number of rotatable bonds is 2. The fraction of sp³-hybridized carbons (Fsp3) is 0.696. The second-order valence-corrected chi connectivity index (χ2v) is 9.49. The van der Waals surface area contributed by atoms with Crippen LogP contribution in [0.2, 0.25) is 0 Å². The third kappa shape index (κ3) is 2.97. The van der Waals surface area contributed by atoms with Crippen LogP contribution in [0, 0.1) is 0 Å². The molecule has 4 heteroatoms. The molecular weight excluding hydrogens is 334 g/mol. The van der Waals surface area contributed by atoms with Crippen LogP contribution >= 0.6 is 0 Å². The summed E-state index contributed by atoms with van der Waals surface area (Å²) in [6.45, 7) is 8.32. The average Bonchev–Trinajstić information content (AvgIpc) is 3.07. The lowest BCUT2D eigenvalue weighted by Crippen LogP contribution is -2.48. The molecule has 2 amide bonds. The van der Waals surface area contributed by atoms with E-state index in [0.29, 0.717) is 18.0 Å². The monoisotopic (exact) mass is 367 g/mol. The molecule has 3 aliphatic heterocycles. The van der Waals surface area contributed by atoms with Crippen molar-refractivity contribution in [1.82, 2.24) is 15.1 Å². The fourth-order valence-corrected chi connectivity index (χ4v) is 5.55. The lowest BCUT2D eigenvalue weighted by atomic mass is 9.86. The van der Waals surface area contributed by atoms with Gasteiger partial charge in [-0.3, -0.25) is 0 Å². The average molecular weight is 368 g/mol. The minimum absolute atomic E-state index is 0.245. The molecule has 0 bridgehead atoms. The van der Waals surface area contributed by atoms with E-state index in [1.54, 1.807) is 0 Å². The van der Waals surface area contributed by atoms with Crippen LogP contribution in [0.4, 0.5) is 4.79 Å². The highest BCUT2D eigenvalue weighted by atomic mass is 16.2. The summed E-state index contributed by atoms with van der Waals surface area (Å²) in [4.78, 5) is 17.7. The standard InChI is InChI=1S/C23H33N3O/c1-16(2)18-13-17-6-12-25(22(27)26-11-4-7-23(26)8-9-23)15-20(17)19(14-18)21-5-3-10-24-21/h13-14,16,21,24H,3-12,15H2,1-2H3/t21-/m0/s1. The number of nitrogens with zero attached hydrogens (tertiary/aromatic N) is 2. The number of nitrogens with one attached hydrogen (secondary N) is 1. The number of amides is 2. The van der Waals surface area contributed by atoms with E-state index in [4.69, 9.17) is 0 Å². The zero-order valence-electron chi connectivity index (χ0n) is 16.9. The minimum Gasteiger partial charge on any atom is -0.320 e. The quantitative estimate of drug-likeness (QED) is 0.844. The van der Waals surface area contributed by atoms with Crippen molar-refractivity contribution in [1.29, 1.82) is 0 Å². The topological polar surface area (TPSA) is 35.6 Å². The first-order valence-corrected chi connectivity index (χ1v) is 11.0. The molecule has 4 nitrogen and oxygen atoms in total. The molecule has 3 fully saturated rings. The summed E-state index contributed by atoms with van der Waals surface area (Å²) in [5.74, 6) is 0.550. The van der Waals surface area contributed by atoms with Crippen LogP contribution < -0.4 is 5.32 Å². The van der Waals surface area contributed by atoms with Crippen LogP contribution in [0.25, 0.3) is 0 Å². The number of likely N-dealkylation sites (tertiary alicyclic amines) is 1. The molecule has 3 heterocycles. The largest absolute Gasteiger partial charge is 0.320 e. The van der Waals surface area contributed by atoms with Gasteiger partial charge in [0.25, 0.3) is 0 Å². The Morgan fingerprint density at radius 1 is 1.19 bits per heavy atom. The summed E-state index contributed by atoms with van der Waals surface area (Å²) in [6.07, 6.45) is 8.32. The number of hydrogen-bond donors (Lipinski definition) is 1.